The summed E-state index contributed by atoms with van der Waals surface area (Å²) in [6.07, 6.45) is 3.06. The number of aromatic nitrogens is 3. The summed E-state index contributed by atoms with van der Waals surface area (Å²) < 4.78 is 2.30. The Labute approximate surface area is 108 Å². The molecular weight excluding hydrogens is 224 g/mol. The lowest BCUT2D eigenvalue weighted by Gasteiger charge is -2.16. The van der Waals surface area contributed by atoms with Gasteiger partial charge in [0.25, 0.3) is 0 Å². The molecule has 2 aromatic rings. The van der Waals surface area contributed by atoms with Crippen LogP contribution in [0.25, 0.3) is 11.2 Å². The number of hydrogen-bond acceptors (Lipinski definition) is 3. The first-order valence-electron chi connectivity index (χ1n) is 6.68. The van der Waals surface area contributed by atoms with Crippen molar-refractivity contribution in [1.29, 1.82) is 0 Å². The van der Waals surface area contributed by atoms with Crippen molar-refractivity contribution >= 4 is 11.2 Å². The van der Waals surface area contributed by atoms with Gasteiger partial charge < -0.3 is 9.47 Å². The van der Waals surface area contributed by atoms with E-state index < -0.39 is 0 Å². The quantitative estimate of drug-likeness (QED) is 0.813. The summed E-state index contributed by atoms with van der Waals surface area (Å²) >= 11 is 0. The predicted molar refractivity (Wildman–Crippen MR) is 72.8 cm³/mol. The average Bonchev–Trinajstić information content (AvgIpc) is 2.91. The summed E-state index contributed by atoms with van der Waals surface area (Å²) in [5, 5.41) is 0. The third kappa shape index (κ3) is 1.81. The maximum Gasteiger partial charge on any atom is 0.160 e. The van der Waals surface area contributed by atoms with Crippen LogP contribution in [0.5, 0.6) is 0 Å². The minimum absolute atomic E-state index is 0.408. The molecule has 1 aliphatic heterocycles. The summed E-state index contributed by atoms with van der Waals surface area (Å²) in [5.41, 5.74) is 2.05. The lowest BCUT2D eigenvalue weighted by Crippen LogP contribution is -2.16. The monoisotopic (exact) mass is 244 g/mol. The molecule has 0 aromatic carbocycles. The van der Waals surface area contributed by atoms with Crippen LogP contribution in [0.4, 0.5) is 0 Å². The van der Waals surface area contributed by atoms with Gasteiger partial charge >= 0.3 is 0 Å². The zero-order valence-corrected chi connectivity index (χ0v) is 11.3. The van der Waals surface area contributed by atoms with Gasteiger partial charge in [0.1, 0.15) is 11.3 Å². The zero-order valence-electron chi connectivity index (χ0n) is 11.3. The summed E-state index contributed by atoms with van der Waals surface area (Å²) in [5.74, 6) is 1.76. The normalized spacial score (nSPS) is 21.2. The highest BCUT2D eigenvalue weighted by atomic mass is 15.2. The fourth-order valence-electron chi connectivity index (χ4n) is 2.89. The third-order valence-corrected chi connectivity index (χ3v) is 3.75. The van der Waals surface area contributed by atoms with Crippen molar-refractivity contribution in [1.82, 2.24) is 19.4 Å². The molecule has 0 aliphatic carbocycles. The molecule has 4 nitrogen and oxygen atoms in total. The molecule has 0 amide bonds. The largest absolute Gasteiger partial charge is 0.310 e. The molecule has 1 fully saturated rings. The van der Waals surface area contributed by atoms with Gasteiger partial charge in [-0.3, -0.25) is 0 Å². The van der Waals surface area contributed by atoms with Gasteiger partial charge in [-0.25, -0.2) is 9.97 Å². The minimum Gasteiger partial charge on any atom is -0.310 e. The molecule has 3 rings (SSSR count). The Morgan fingerprint density at radius 1 is 1.39 bits per heavy atom. The van der Waals surface area contributed by atoms with Gasteiger partial charge in [-0.1, -0.05) is 0 Å². The molecule has 0 N–H and O–H groups in total. The number of hydrogen-bond donors (Lipinski definition) is 0. The maximum atomic E-state index is 4.82. The van der Waals surface area contributed by atoms with Crippen molar-refractivity contribution in [3.63, 3.8) is 0 Å². The van der Waals surface area contributed by atoms with Crippen molar-refractivity contribution in [2.45, 2.75) is 32.2 Å². The van der Waals surface area contributed by atoms with Gasteiger partial charge in [-0.05, 0) is 46.0 Å². The van der Waals surface area contributed by atoms with Gasteiger partial charge in [-0.2, -0.15) is 0 Å². The van der Waals surface area contributed by atoms with E-state index in [2.05, 4.69) is 41.4 Å². The van der Waals surface area contributed by atoms with Crippen molar-refractivity contribution in [2.24, 2.45) is 0 Å². The first-order chi connectivity index (χ1) is 8.66. The fourth-order valence-corrected chi connectivity index (χ4v) is 2.89. The molecule has 4 heteroatoms. The number of imidazole rings is 1. The SMILES string of the molecule is CC(C)n1c(C2CCN(C)C2)nc2cccnc21. The highest BCUT2D eigenvalue weighted by molar-refractivity contribution is 5.71. The van der Waals surface area contributed by atoms with Crippen LogP contribution in [-0.4, -0.2) is 39.6 Å². The first kappa shape index (κ1) is 11.7. The average molecular weight is 244 g/mol. The molecule has 0 spiro atoms. The van der Waals surface area contributed by atoms with Gasteiger partial charge in [-0.15, -0.1) is 0 Å². The topological polar surface area (TPSA) is 34.0 Å². The van der Waals surface area contributed by atoms with Crippen LogP contribution in [0.2, 0.25) is 0 Å². The third-order valence-electron chi connectivity index (χ3n) is 3.75. The Morgan fingerprint density at radius 2 is 2.22 bits per heavy atom. The second-order valence-corrected chi connectivity index (χ2v) is 5.53. The molecule has 18 heavy (non-hydrogen) atoms. The van der Waals surface area contributed by atoms with Crippen LogP contribution >= 0.6 is 0 Å². The maximum absolute atomic E-state index is 4.82. The molecule has 0 bridgehead atoms. The summed E-state index contributed by atoms with van der Waals surface area (Å²) in [6.45, 7) is 6.69. The minimum atomic E-state index is 0.408. The summed E-state index contributed by atoms with van der Waals surface area (Å²) in [4.78, 5) is 11.7. The highest BCUT2D eigenvalue weighted by Gasteiger charge is 2.27. The van der Waals surface area contributed by atoms with E-state index in [1.165, 1.54) is 18.8 Å². The number of pyridine rings is 1. The van der Waals surface area contributed by atoms with Crippen molar-refractivity contribution in [3.8, 4) is 0 Å². The van der Waals surface area contributed by atoms with E-state index in [4.69, 9.17) is 4.98 Å². The Balaban J connectivity index is 2.13. The number of likely N-dealkylation sites (tertiary alicyclic amines) is 1. The lowest BCUT2D eigenvalue weighted by atomic mass is 10.1. The lowest BCUT2D eigenvalue weighted by molar-refractivity contribution is 0.406. The van der Waals surface area contributed by atoms with Crippen LogP contribution in [0.1, 0.15) is 38.1 Å². The van der Waals surface area contributed by atoms with E-state index in [1.54, 1.807) is 0 Å². The van der Waals surface area contributed by atoms with E-state index in [1.807, 2.05) is 12.3 Å². The number of nitrogens with zero attached hydrogens (tertiary/aromatic N) is 4. The van der Waals surface area contributed by atoms with Crippen molar-refractivity contribution < 1.29 is 0 Å². The van der Waals surface area contributed by atoms with E-state index >= 15 is 0 Å². The van der Waals surface area contributed by atoms with Crippen LogP contribution < -0.4 is 0 Å². The smallest absolute Gasteiger partial charge is 0.160 e. The van der Waals surface area contributed by atoms with Crippen molar-refractivity contribution in [2.75, 3.05) is 20.1 Å². The molecule has 1 atom stereocenters. The molecule has 1 unspecified atom stereocenters. The molecule has 3 heterocycles. The number of fused-ring (bicyclic) bond motifs is 1. The second-order valence-electron chi connectivity index (χ2n) is 5.53. The number of likely N-dealkylation sites (N-methyl/N-ethyl adjacent to an activating group) is 1. The van der Waals surface area contributed by atoms with Crippen LogP contribution in [0.15, 0.2) is 18.3 Å². The molecule has 0 radical (unpaired) electrons. The standard InChI is InChI=1S/C14H20N4/c1-10(2)18-13(11-6-8-17(3)9-11)16-12-5-4-7-15-14(12)18/h4-5,7,10-11H,6,8-9H2,1-3H3. The Hall–Kier alpha value is -1.42. The van der Waals surface area contributed by atoms with E-state index in [9.17, 15) is 0 Å². The molecule has 1 aliphatic rings. The van der Waals surface area contributed by atoms with Gasteiger partial charge in [0.15, 0.2) is 5.65 Å². The molecule has 2 aromatic heterocycles. The zero-order chi connectivity index (χ0) is 12.7. The molecule has 1 saturated heterocycles. The molecular formula is C14H20N4. The van der Waals surface area contributed by atoms with Gasteiger partial charge in [0.05, 0.1) is 0 Å². The summed E-state index contributed by atoms with van der Waals surface area (Å²) in [6, 6.07) is 4.43. The predicted octanol–water partition coefficient (Wildman–Crippen LogP) is 2.43. The number of rotatable bonds is 2. The van der Waals surface area contributed by atoms with E-state index in [0.29, 0.717) is 12.0 Å². The van der Waals surface area contributed by atoms with Crippen molar-refractivity contribution in [3.05, 3.63) is 24.2 Å². The summed E-state index contributed by atoms with van der Waals surface area (Å²) in [7, 11) is 2.18. The highest BCUT2D eigenvalue weighted by Crippen LogP contribution is 2.30. The van der Waals surface area contributed by atoms with Gasteiger partial charge in [0.2, 0.25) is 0 Å². The van der Waals surface area contributed by atoms with Gasteiger partial charge in [0, 0.05) is 24.7 Å². The Bertz CT molecular complexity index is 558. The first-order valence-corrected chi connectivity index (χ1v) is 6.68. The fraction of sp³-hybridized carbons (Fsp3) is 0.571. The Kier molecular flexibility index (Phi) is 2.82. The van der Waals surface area contributed by atoms with Crippen LogP contribution in [-0.2, 0) is 0 Å². The van der Waals surface area contributed by atoms with Crippen LogP contribution in [0, 0.1) is 0 Å². The molecule has 96 valence electrons. The van der Waals surface area contributed by atoms with E-state index in [0.717, 1.165) is 17.7 Å². The Morgan fingerprint density at radius 3 is 2.89 bits per heavy atom. The van der Waals surface area contributed by atoms with Crippen LogP contribution in [0.3, 0.4) is 0 Å². The second kappa shape index (κ2) is 4.35. The van der Waals surface area contributed by atoms with E-state index in [-0.39, 0.29) is 0 Å². The molecule has 0 saturated carbocycles.